The molecular formula is C20H23N3O3S2. The van der Waals surface area contributed by atoms with Gasteiger partial charge in [0.25, 0.3) is 0 Å². The lowest BCUT2D eigenvalue weighted by Crippen LogP contribution is -2.48. The first kappa shape index (κ1) is 19.3. The zero-order valence-electron chi connectivity index (χ0n) is 16.0. The van der Waals surface area contributed by atoms with E-state index in [4.69, 9.17) is 4.42 Å². The third-order valence-corrected chi connectivity index (χ3v) is 7.92. The van der Waals surface area contributed by atoms with E-state index in [1.807, 2.05) is 37.4 Å². The molecule has 0 amide bonds. The molecule has 0 N–H and O–H groups in total. The number of aryl methyl sites for hydroxylation is 2. The van der Waals surface area contributed by atoms with E-state index in [2.05, 4.69) is 9.88 Å². The van der Waals surface area contributed by atoms with Gasteiger partial charge in [-0.3, -0.25) is 4.90 Å². The molecule has 6 nitrogen and oxygen atoms in total. The Labute approximate surface area is 169 Å². The number of benzene rings is 1. The minimum Gasteiger partial charge on any atom is -0.462 e. The molecule has 0 unspecified atom stereocenters. The molecule has 1 saturated heterocycles. The fourth-order valence-corrected chi connectivity index (χ4v) is 5.56. The predicted molar refractivity (Wildman–Crippen MR) is 110 cm³/mol. The van der Waals surface area contributed by atoms with Gasteiger partial charge in [0.15, 0.2) is 10.8 Å². The second-order valence-corrected chi connectivity index (χ2v) is 9.84. The van der Waals surface area contributed by atoms with E-state index in [9.17, 15) is 8.42 Å². The smallest absolute Gasteiger partial charge is 0.243 e. The fraction of sp³-hybridized carbons (Fsp3) is 0.350. The molecule has 148 valence electrons. The summed E-state index contributed by atoms with van der Waals surface area (Å²) in [6, 6.07) is 9.10. The second kappa shape index (κ2) is 7.79. The Kier molecular flexibility index (Phi) is 5.37. The van der Waals surface area contributed by atoms with Crippen LogP contribution >= 0.6 is 11.3 Å². The van der Waals surface area contributed by atoms with Gasteiger partial charge < -0.3 is 4.42 Å². The van der Waals surface area contributed by atoms with Gasteiger partial charge in [-0.1, -0.05) is 6.07 Å². The van der Waals surface area contributed by atoms with Crippen molar-refractivity contribution in [1.82, 2.24) is 14.2 Å². The average Bonchev–Trinajstić information content (AvgIpc) is 3.36. The third kappa shape index (κ3) is 3.91. The van der Waals surface area contributed by atoms with Crippen molar-refractivity contribution in [3.05, 3.63) is 58.8 Å². The van der Waals surface area contributed by atoms with Crippen molar-refractivity contribution < 1.29 is 12.8 Å². The minimum absolute atomic E-state index is 0.381. The summed E-state index contributed by atoms with van der Waals surface area (Å²) in [7, 11) is -3.44. The summed E-state index contributed by atoms with van der Waals surface area (Å²) in [5, 5.41) is 2.91. The standard InChI is InChI=1S/C20H23N3O3S2/c1-15-5-6-18(12-16(15)2)28(24,25)23-9-7-22(8-10-23)13-17-14-27-20(21-17)19-4-3-11-26-19/h3-6,11-12,14H,7-10,13H2,1-2H3. The summed E-state index contributed by atoms with van der Waals surface area (Å²) >= 11 is 1.56. The van der Waals surface area contributed by atoms with Gasteiger partial charge in [0.05, 0.1) is 16.9 Å². The molecule has 1 aliphatic rings. The van der Waals surface area contributed by atoms with Gasteiger partial charge in [0, 0.05) is 38.1 Å². The van der Waals surface area contributed by atoms with Crippen molar-refractivity contribution in [1.29, 1.82) is 0 Å². The lowest BCUT2D eigenvalue weighted by Gasteiger charge is -2.33. The van der Waals surface area contributed by atoms with E-state index in [1.54, 1.807) is 34.0 Å². The molecule has 0 aliphatic carbocycles. The molecular weight excluding hydrogens is 394 g/mol. The average molecular weight is 418 g/mol. The Bertz CT molecular complexity index is 1050. The summed E-state index contributed by atoms with van der Waals surface area (Å²) < 4.78 is 32.9. The van der Waals surface area contributed by atoms with Crippen LogP contribution in [0.25, 0.3) is 10.8 Å². The van der Waals surface area contributed by atoms with E-state index in [0.29, 0.717) is 31.1 Å². The lowest BCUT2D eigenvalue weighted by molar-refractivity contribution is 0.180. The first-order valence-electron chi connectivity index (χ1n) is 9.21. The molecule has 3 aromatic rings. The molecule has 3 heterocycles. The second-order valence-electron chi connectivity index (χ2n) is 7.05. The molecule has 8 heteroatoms. The number of sulfonamides is 1. The molecule has 1 aromatic carbocycles. The molecule has 0 radical (unpaired) electrons. The fourth-order valence-electron chi connectivity index (χ4n) is 3.27. The molecule has 4 rings (SSSR count). The normalized spacial score (nSPS) is 16.5. The molecule has 0 bridgehead atoms. The number of piperazine rings is 1. The number of hydrogen-bond donors (Lipinski definition) is 0. The van der Waals surface area contributed by atoms with Crippen molar-refractivity contribution in [3.63, 3.8) is 0 Å². The molecule has 28 heavy (non-hydrogen) atoms. The summed E-state index contributed by atoms with van der Waals surface area (Å²) in [6.07, 6.45) is 1.64. The van der Waals surface area contributed by atoms with Crippen LogP contribution in [0.2, 0.25) is 0 Å². The number of furan rings is 1. The topological polar surface area (TPSA) is 66.7 Å². The van der Waals surface area contributed by atoms with Gasteiger partial charge in [-0.05, 0) is 49.2 Å². The van der Waals surface area contributed by atoms with Crippen molar-refractivity contribution >= 4 is 21.4 Å². The summed E-state index contributed by atoms with van der Waals surface area (Å²) in [5.41, 5.74) is 3.08. The van der Waals surface area contributed by atoms with Crippen LogP contribution in [0.4, 0.5) is 0 Å². The van der Waals surface area contributed by atoms with Crippen molar-refractivity contribution in [2.24, 2.45) is 0 Å². The van der Waals surface area contributed by atoms with Gasteiger partial charge in [-0.2, -0.15) is 4.31 Å². The minimum atomic E-state index is -3.44. The highest BCUT2D eigenvalue weighted by atomic mass is 32.2. The number of rotatable bonds is 5. The number of aromatic nitrogens is 1. The Balaban J connectivity index is 1.38. The maximum Gasteiger partial charge on any atom is 0.243 e. The van der Waals surface area contributed by atoms with Crippen LogP contribution in [0.15, 0.2) is 51.3 Å². The Morgan fingerprint density at radius 2 is 1.89 bits per heavy atom. The zero-order chi connectivity index (χ0) is 19.7. The Morgan fingerprint density at radius 1 is 1.11 bits per heavy atom. The predicted octanol–water partition coefficient (Wildman–Crippen LogP) is 3.53. The van der Waals surface area contributed by atoms with Crippen LogP contribution in [-0.4, -0.2) is 48.8 Å². The molecule has 0 spiro atoms. The van der Waals surface area contributed by atoms with E-state index in [1.165, 1.54) is 0 Å². The van der Waals surface area contributed by atoms with E-state index in [0.717, 1.165) is 34.1 Å². The van der Waals surface area contributed by atoms with Gasteiger partial charge >= 0.3 is 0 Å². The maximum absolute atomic E-state index is 12.9. The molecule has 1 fully saturated rings. The molecule has 1 aliphatic heterocycles. The summed E-state index contributed by atoms with van der Waals surface area (Å²) in [6.45, 7) is 7.01. The van der Waals surface area contributed by atoms with Crippen LogP contribution in [0.3, 0.4) is 0 Å². The third-order valence-electron chi connectivity index (χ3n) is 5.12. The largest absolute Gasteiger partial charge is 0.462 e. The van der Waals surface area contributed by atoms with Crippen LogP contribution in [0, 0.1) is 13.8 Å². The maximum atomic E-state index is 12.9. The van der Waals surface area contributed by atoms with Crippen LogP contribution in [0.1, 0.15) is 16.8 Å². The zero-order valence-corrected chi connectivity index (χ0v) is 17.6. The van der Waals surface area contributed by atoms with E-state index >= 15 is 0 Å². The number of nitrogens with zero attached hydrogens (tertiary/aromatic N) is 3. The lowest BCUT2D eigenvalue weighted by atomic mass is 10.1. The van der Waals surface area contributed by atoms with E-state index < -0.39 is 10.0 Å². The molecule has 2 aromatic heterocycles. The molecule has 0 atom stereocenters. The van der Waals surface area contributed by atoms with Gasteiger partial charge in [0.2, 0.25) is 10.0 Å². The highest BCUT2D eigenvalue weighted by Gasteiger charge is 2.29. The van der Waals surface area contributed by atoms with Crippen molar-refractivity contribution in [2.75, 3.05) is 26.2 Å². The van der Waals surface area contributed by atoms with Crippen molar-refractivity contribution in [3.8, 4) is 10.8 Å². The first-order chi connectivity index (χ1) is 13.4. The highest BCUT2D eigenvalue weighted by molar-refractivity contribution is 7.89. The van der Waals surface area contributed by atoms with Crippen LogP contribution < -0.4 is 0 Å². The van der Waals surface area contributed by atoms with E-state index in [-0.39, 0.29) is 0 Å². The Morgan fingerprint density at radius 3 is 2.57 bits per heavy atom. The SMILES string of the molecule is Cc1ccc(S(=O)(=O)N2CCN(Cc3csc(-c4ccco4)n3)CC2)cc1C. The Hall–Kier alpha value is -2.00. The van der Waals surface area contributed by atoms with Gasteiger partial charge in [-0.15, -0.1) is 11.3 Å². The van der Waals surface area contributed by atoms with Crippen molar-refractivity contribution in [2.45, 2.75) is 25.3 Å². The molecule has 0 saturated carbocycles. The number of hydrogen-bond acceptors (Lipinski definition) is 6. The van der Waals surface area contributed by atoms with Gasteiger partial charge in [0.1, 0.15) is 0 Å². The van der Waals surface area contributed by atoms with Gasteiger partial charge in [-0.25, -0.2) is 13.4 Å². The number of thiazole rings is 1. The summed E-state index contributed by atoms with van der Waals surface area (Å²) in [4.78, 5) is 7.26. The van der Waals surface area contributed by atoms with Crippen LogP contribution in [-0.2, 0) is 16.6 Å². The first-order valence-corrected chi connectivity index (χ1v) is 11.5. The quantitative estimate of drug-likeness (QED) is 0.635. The van der Waals surface area contributed by atoms with Crippen LogP contribution in [0.5, 0.6) is 0 Å². The highest BCUT2D eigenvalue weighted by Crippen LogP contribution is 2.25. The summed E-state index contributed by atoms with van der Waals surface area (Å²) in [5.74, 6) is 0.778. The monoisotopic (exact) mass is 417 g/mol.